The lowest BCUT2D eigenvalue weighted by atomic mass is 10.2. The molecule has 0 radical (unpaired) electrons. The number of carbonyl (C=O) groups excluding carboxylic acids is 1. The zero-order valence-corrected chi connectivity index (χ0v) is 10.1. The van der Waals surface area contributed by atoms with Crippen molar-refractivity contribution in [3.63, 3.8) is 0 Å². The molecule has 0 fully saturated rings. The Morgan fingerprint density at radius 3 is 2.78 bits per heavy atom. The summed E-state index contributed by atoms with van der Waals surface area (Å²) >= 11 is 0. The molecule has 0 bridgehead atoms. The fraction of sp³-hybridized carbons (Fsp3) is 0.308. The minimum Gasteiger partial charge on any atom is -0.432 e. The standard InChI is InChI=1S/C13H15F2NO2/c1-3-4-9-16-12(17)10-7-5-6-8-11(10)18-13(2,14)15/h3,5-8H,1,4,9H2,2H3,(H,16,17). The number of para-hydroxylation sites is 1. The number of halogens is 2. The number of rotatable bonds is 6. The van der Waals surface area contributed by atoms with Crippen LogP contribution in [0.25, 0.3) is 0 Å². The molecule has 98 valence electrons. The molecular weight excluding hydrogens is 240 g/mol. The highest BCUT2D eigenvalue weighted by molar-refractivity contribution is 5.96. The van der Waals surface area contributed by atoms with Crippen LogP contribution in [0.5, 0.6) is 5.75 Å². The van der Waals surface area contributed by atoms with Gasteiger partial charge in [-0.3, -0.25) is 4.79 Å². The van der Waals surface area contributed by atoms with Gasteiger partial charge in [0.2, 0.25) is 0 Å². The third-order valence-electron chi connectivity index (χ3n) is 2.05. The van der Waals surface area contributed by atoms with Crippen LogP contribution in [-0.4, -0.2) is 18.6 Å². The smallest absolute Gasteiger partial charge is 0.394 e. The van der Waals surface area contributed by atoms with Crippen LogP contribution in [0.4, 0.5) is 8.78 Å². The molecule has 1 aromatic rings. The van der Waals surface area contributed by atoms with Crippen LogP contribution in [0.2, 0.25) is 0 Å². The van der Waals surface area contributed by atoms with Crippen LogP contribution < -0.4 is 10.1 Å². The minimum atomic E-state index is -3.32. The monoisotopic (exact) mass is 255 g/mol. The third kappa shape index (κ3) is 4.53. The van der Waals surface area contributed by atoms with Crippen LogP contribution in [-0.2, 0) is 0 Å². The second-order valence-electron chi connectivity index (χ2n) is 3.74. The molecule has 0 unspecified atom stereocenters. The fourth-order valence-corrected chi connectivity index (χ4v) is 1.32. The van der Waals surface area contributed by atoms with E-state index in [9.17, 15) is 13.6 Å². The number of alkyl halides is 2. The van der Waals surface area contributed by atoms with E-state index in [1.165, 1.54) is 18.2 Å². The van der Waals surface area contributed by atoms with Gasteiger partial charge in [0.15, 0.2) is 0 Å². The highest BCUT2D eigenvalue weighted by Gasteiger charge is 2.25. The average molecular weight is 255 g/mol. The number of hydrogen-bond acceptors (Lipinski definition) is 2. The Bertz CT molecular complexity index is 427. The maximum atomic E-state index is 12.8. The van der Waals surface area contributed by atoms with Gasteiger partial charge in [-0.15, -0.1) is 6.58 Å². The number of amides is 1. The summed E-state index contributed by atoms with van der Waals surface area (Å²) in [6, 6.07) is 5.88. The van der Waals surface area contributed by atoms with Crippen molar-refractivity contribution in [2.75, 3.05) is 6.54 Å². The molecule has 0 saturated carbocycles. The summed E-state index contributed by atoms with van der Waals surface area (Å²) < 4.78 is 30.0. The normalized spacial score (nSPS) is 10.8. The van der Waals surface area contributed by atoms with E-state index >= 15 is 0 Å². The van der Waals surface area contributed by atoms with Crippen molar-refractivity contribution in [1.82, 2.24) is 5.32 Å². The molecule has 3 nitrogen and oxygen atoms in total. The van der Waals surface area contributed by atoms with Crippen molar-refractivity contribution in [3.05, 3.63) is 42.5 Å². The molecule has 0 aliphatic heterocycles. The SMILES string of the molecule is C=CCCNC(=O)c1ccccc1OC(C)(F)F. The van der Waals surface area contributed by atoms with E-state index in [-0.39, 0.29) is 11.3 Å². The zero-order valence-electron chi connectivity index (χ0n) is 10.1. The predicted molar refractivity (Wildman–Crippen MR) is 64.8 cm³/mol. The highest BCUT2D eigenvalue weighted by Crippen LogP contribution is 2.24. The van der Waals surface area contributed by atoms with E-state index in [1.807, 2.05) is 0 Å². The van der Waals surface area contributed by atoms with Gasteiger partial charge in [0, 0.05) is 13.5 Å². The molecule has 5 heteroatoms. The number of benzene rings is 1. The molecule has 1 N–H and O–H groups in total. The average Bonchev–Trinajstić information content (AvgIpc) is 2.27. The summed E-state index contributed by atoms with van der Waals surface area (Å²) in [4.78, 5) is 11.8. The van der Waals surface area contributed by atoms with Gasteiger partial charge in [0.05, 0.1) is 5.56 Å². The lowest BCUT2D eigenvalue weighted by Gasteiger charge is -2.15. The summed E-state index contributed by atoms with van der Waals surface area (Å²) in [7, 11) is 0. The van der Waals surface area contributed by atoms with Crippen LogP contribution in [0.1, 0.15) is 23.7 Å². The van der Waals surface area contributed by atoms with Crippen LogP contribution in [0.15, 0.2) is 36.9 Å². The molecule has 0 saturated heterocycles. The molecule has 18 heavy (non-hydrogen) atoms. The number of hydrogen-bond donors (Lipinski definition) is 1. The minimum absolute atomic E-state index is 0.0862. The van der Waals surface area contributed by atoms with Gasteiger partial charge < -0.3 is 10.1 Å². The number of nitrogens with one attached hydrogen (secondary N) is 1. The van der Waals surface area contributed by atoms with E-state index in [1.54, 1.807) is 12.1 Å². The largest absolute Gasteiger partial charge is 0.432 e. The van der Waals surface area contributed by atoms with E-state index < -0.39 is 12.0 Å². The predicted octanol–water partition coefficient (Wildman–Crippen LogP) is 2.98. The first-order valence-electron chi connectivity index (χ1n) is 5.49. The van der Waals surface area contributed by atoms with Gasteiger partial charge in [-0.1, -0.05) is 18.2 Å². The van der Waals surface area contributed by atoms with Crippen molar-refractivity contribution < 1.29 is 18.3 Å². The Balaban J connectivity index is 2.81. The topological polar surface area (TPSA) is 38.3 Å². The zero-order chi connectivity index (χ0) is 13.6. The lowest BCUT2D eigenvalue weighted by molar-refractivity contribution is -0.159. The molecule has 1 rings (SSSR count). The molecule has 1 amide bonds. The third-order valence-corrected chi connectivity index (χ3v) is 2.05. The number of carbonyl (C=O) groups is 1. The first-order valence-corrected chi connectivity index (χ1v) is 5.49. The van der Waals surface area contributed by atoms with Crippen LogP contribution >= 0.6 is 0 Å². The Kier molecular flexibility index (Phi) is 4.83. The summed E-state index contributed by atoms with van der Waals surface area (Å²) in [6.45, 7) is 4.55. The van der Waals surface area contributed by atoms with Crippen molar-refractivity contribution in [2.24, 2.45) is 0 Å². The second-order valence-corrected chi connectivity index (χ2v) is 3.74. The molecular formula is C13H15F2NO2. The molecule has 0 aliphatic rings. The van der Waals surface area contributed by atoms with E-state index in [2.05, 4.69) is 16.6 Å². The summed E-state index contributed by atoms with van der Waals surface area (Å²) in [5.74, 6) is -0.585. The quantitative estimate of drug-likeness (QED) is 0.627. The summed E-state index contributed by atoms with van der Waals surface area (Å²) in [5.41, 5.74) is 0.0862. The Morgan fingerprint density at radius 2 is 2.17 bits per heavy atom. The Hall–Kier alpha value is -1.91. The van der Waals surface area contributed by atoms with Crippen molar-refractivity contribution in [2.45, 2.75) is 19.5 Å². The Morgan fingerprint density at radius 1 is 1.50 bits per heavy atom. The Labute approximate surface area is 104 Å². The van der Waals surface area contributed by atoms with E-state index in [0.29, 0.717) is 19.9 Å². The fourth-order valence-electron chi connectivity index (χ4n) is 1.32. The number of ether oxygens (including phenoxy) is 1. The molecule has 1 aromatic carbocycles. The van der Waals surface area contributed by atoms with Crippen molar-refractivity contribution in [1.29, 1.82) is 0 Å². The molecule has 0 atom stereocenters. The van der Waals surface area contributed by atoms with Crippen molar-refractivity contribution in [3.8, 4) is 5.75 Å². The molecule has 0 heterocycles. The van der Waals surface area contributed by atoms with Crippen molar-refractivity contribution >= 4 is 5.91 Å². The second kappa shape index (κ2) is 6.14. The van der Waals surface area contributed by atoms with Crippen LogP contribution in [0.3, 0.4) is 0 Å². The maximum absolute atomic E-state index is 12.8. The van der Waals surface area contributed by atoms with Gasteiger partial charge in [0.1, 0.15) is 5.75 Å². The maximum Gasteiger partial charge on any atom is 0.394 e. The van der Waals surface area contributed by atoms with Crippen LogP contribution in [0, 0.1) is 0 Å². The first-order chi connectivity index (χ1) is 8.44. The van der Waals surface area contributed by atoms with Gasteiger partial charge >= 0.3 is 6.11 Å². The van der Waals surface area contributed by atoms with Gasteiger partial charge in [0.25, 0.3) is 5.91 Å². The molecule has 0 aromatic heterocycles. The van der Waals surface area contributed by atoms with E-state index in [4.69, 9.17) is 0 Å². The summed E-state index contributed by atoms with van der Waals surface area (Å²) in [6.07, 6.45) is -1.06. The summed E-state index contributed by atoms with van der Waals surface area (Å²) in [5, 5.41) is 2.59. The van der Waals surface area contributed by atoms with Gasteiger partial charge in [-0.25, -0.2) is 0 Å². The van der Waals surface area contributed by atoms with E-state index in [0.717, 1.165) is 0 Å². The highest BCUT2D eigenvalue weighted by atomic mass is 19.3. The van der Waals surface area contributed by atoms with Gasteiger partial charge in [-0.2, -0.15) is 8.78 Å². The molecule has 0 aliphatic carbocycles. The first kappa shape index (κ1) is 14.2. The molecule has 0 spiro atoms. The lowest BCUT2D eigenvalue weighted by Crippen LogP contribution is -2.26. The van der Waals surface area contributed by atoms with Gasteiger partial charge in [-0.05, 0) is 18.6 Å².